The fourth-order valence-corrected chi connectivity index (χ4v) is 13.3. The molecule has 5 aliphatic rings. The number of aromatic nitrogens is 14. The van der Waals surface area contributed by atoms with Gasteiger partial charge in [-0.05, 0) is 120 Å². The molecule has 9 aromatic rings. The van der Waals surface area contributed by atoms with E-state index in [0.29, 0.717) is 138 Å². The first-order valence-electron chi connectivity index (χ1n) is 27.0. The molecule has 0 saturated heterocycles. The summed E-state index contributed by atoms with van der Waals surface area (Å²) in [5, 5.41) is 107. The van der Waals surface area contributed by atoms with E-state index in [-0.39, 0.29) is 60.8 Å². The zero-order valence-corrected chi connectivity index (χ0v) is 54.7. The molecule has 1 aliphatic heterocycles. The van der Waals surface area contributed by atoms with E-state index in [1.54, 1.807) is 116 Å². The number of allylic oxidation sites excluding steroid dienone is 1. The molecule has 0 amide bonds. The zero-order chi connectivity index (χ0) is 66.3. The number of nitrogens with zero attached hydrogens (tertiary/aromatic N) is 19. The Morgan fingerprint density at radius 2 is 0.967 bits per heavy atom. The Morgan fingerprint density at radius 3 is 1.43 bits per heavy atom. The largest absolute Gasteiger partial charge is 0.692 e. The Morgan fingerprint density at radius 1 is 0.533 bits per heavy atom. The number of nitroso groups, excluding NO2 is 4. The fraction of sp³-hybridized carbons (Fsp3) is 0.302. The van der Waals surface area contributed by atoms with Crippen molar-refractivity contribution in [2.75, 3.05) is 31.6 Å². The van der Waals surface area contributed by atoms with Crippen molar-refractivity contribution in [3.8, 4) is 34.1 Å². The second kappa shape index (κ2) is 29.0. The highest BCUT2D eigenvalue weighted by Crippen LogP contribution is 2.47. The Labute approximate surface area is 559 Å². The van der Waals surface area contributed by atoms with E-state index in [1.165, 1.54) is 16.6 Å². The average Bonchev–Trinajstić information content (AvgIpc) is 1.58. The van der Waals surface area contributed by atoms with Gasteiger partial charge in [0.05, 0.1) is 52.2 Å². The maximum absolute atomic E-state index is 12.7. The minimum Gasteiger partial charge on any atom is -0.692 e. The van der Waals surface area contributed by atoms with Gasteiger partial charge in [0.1, 0.15) is 34.5 Å². The first-order chi connectivity index (χ1) is 44.5. The first-order valence-corrected chi connectivity index (χ1v) is 32.8. The number of para-hydroxylation sites is 4. The number of rotatable bonds is 10. The van der Waals surface area contributed by atoms with Crippen molar-refractivity contribution in [3.63, 3.8) is 0 Å². The molecule has 14 rings (SSSR count). The highest BCUT2D eigenvalue weighted by Gasteiger charge is 2.59. The van der Waals surface area contributed by atoms with Crippen LogP contribution in [0.15, 0.2) is 128 Å². The molecule has 39 heteroatoms. The van der Waals surface area contributed by atoms with Crippen LogP contribution in [0.4, 0.5) is 0 Å². The third-order valence-electron chi connectivity index (χ3n) is 15.0. The van der Waals surface area contributed by atoms with Crippen LogP contribution in [-0.4, -0.2) is 93.0 Å². The molecule has 4 aromatic carbocycles. The van der Waals surface area contributed by atoms with Crippen molar-refractivity contribution in [2.24, 2.45) is 20.7 Å². The van der Waals surface area contributed by atoms with Gasteiger partial charge in [-0.1, -0.05) is 100 Å². The lowest BCUT2D eigenvalue weighted by Crippen LogP contribution is -2.44. The van der Waals surface area contributed by atoms with Crippen LogP contribution >= 0.6 is 95.2 Å². The van der Waals surface area contributed by atoms with Crippen LogP contribution in [0.3, 0.4) is 0 Å². The number of thioether (sulfide) groups is 2. The molecule has 3 atom stereocenters. The lowest BCUT2D eigenvalue weighted by Gasteiger charge is -2.27. The SMILES string of the molecule is CS.CS.CSC1(N=O)c2nn(-c3ccccc3Cl)[n+]([O-])c2CCC1N=O.CSC12CO[N+]([O-])=C1CCc1c2nn(-c2ccccc2Cl)[n+]1[O-].O=NC1=C(N=O)c2nn(-c3ccccc3Cl)[n+]([O-])c2CC1.[O-][n+]1onc2c1CCc1c-2nn(-c2ccccc2Cl)[n+]1[O-]. The molecular formula is C53H49Cl4N19O12S4. The van der Waals surface area contributed by atoms with Gasteiger partial charge in [-0.3, -0.25) is 9.84 Å². The smallest absolute Gasteiger partial charge is 0.303 e. The monoisotopic (exact) mass is 1410 g/mol. The van der Waals surface area contributed by atoms with Gasteiger partial charge < -0.3 is 30.9 Å². The molecule has 0 fully saturated rings. The quantitative estimate of drug-likeness (QED) is 0.0566. The van der Waals surface area contributed by atoms with Crippen LogP contribution in [0.25, 0.3) is 39.8 Å². The van der Waals surface area contributed by atoms with E-state index in [0.717, 1.165) is 31.0 Å². The Bertz CT molecular complexity index is 4260. The lowest BCUT2D eigenvalue weighted by atomic mass is 9.88. The Balaban J connectivity index is 0.000000142. The van der Waals surface area contributed by atoms with E-state index in [2.05, 4.69) is 76.1 Å². The van der Waals surface area contributed by atoms with E-state index in [9.17, 15) is 50.9 Å². The molecule has 31 nitrogen and oxygen atoms in total. The summed E-state index contributed by atoms with van der Waals surface area (Å²) in [5.41, 5.74) is 5.57. The number of hydrogen-bond acceptors (Lipinski definition) is 25. The molecule has 3 unspecified atom stereocenters. The van der Waals surface area contributed by atoms with Crippen LogP contribution in [0.2, 0.25) is 20.1 Å². The molecule has 0 N–H and O–H groups in total. The van der Waals surface area contributed by atoms with E-state index < -0.39 is 15.7 Å². The molecule has 4 aliphatic carbocycles. The predicted molar refractivity (Wildman–Crippen MR) is 346 cm³/mol. The zero-order valence-electron chi connectivity index (χ0n) is 48.3. The van der Waals surface area contributed by atoms with E-state index >= 15 is 0 Å². The van der Waals surface area contributed by atoms with Gasteiger partial charge in [0.25, 0.3) is 17.1 Å². The van der Waals surface area contributed by atoms with Crippen LogP contribution in [0, 0.1) is 50.9 Å². The summed E-state index contributed by atoms with van der Waals surface area (Å²) in [6, 6.07) is 26.4. The summed E-state index contributed by atoms with van der Waals surface area (Å²) >= 11 is 34.0. The molecule has 0 saturated carbocycles. The fourth-order valence-electron chi connectivity index (χ4n) is 10.6. The second-order valence-electron chi connectivity index (χ2n) is 19.5. The van der Waals surface area contributed by atoms with Gasteiger partial charge in [0.2, 0.25) is 16.3 Å². The topological polar surface area (TPSA) is 385 Å². The molecule has 480 valence electrons. The number of fused-ring (bicyclic) bond motifs is 8. The molecular weight excluding hydrogens is 1360 g/mol. The predicted octanol–water partition coefficient (Wildman–Crippen LogP) is 8.03. The van der Waals surface area contributed by atoms with Crippen LogP contribution in [-0.2, 0) is 46.6 Å². The number of thiol groups is 2. The van der Waals surface area contributed by atoms with Crippen molar-refractivity contribution in [1.82, 2.24) is 44.7 Å². The standard InChI is InChI=1S/C14H13ClN4O3S.C13H12ClN5O3S.2C12H8ClN5O3.2CH4S/c1-23-14-8-22-19(21)12(14)7-6-11-13(14)16-17(18(11)20)10-5-3-2-4-9(10)15;1-23-13(17-21)11(16-20)7-6-10-12(13)15-18(19(10)22)9-5-3-2-4-8(9)14;13-7-3-1-2-4-8(7)16-14-11-9(17(16)19)5-6-10-12(11)15-21-18(10)20;13-7-3-1-2-4-9(7)17-14-12-10(18(17)21)6-5-8(15-19)11(12)16-20;2*1-2/h2-5H,6-8H2,1H3;2-5,11H,6-7H2,1H3;2*1-4H,5-6H2;2*2H,1H3. The van der Waals surface area contributed by atoms with Crippen molar-refractivity contribution >= 4 is 107 Å². The summed E-state index contributed by atoms with van der Waals surface area (Å²) in [6.07, 6.45) is 9.59. The van der Waals surface area contributed by atoms with Crippen molar-refractivity contribution in [3.05, 3.63) is 219 Å². The molecule has 5 aromatic heterocycles. The van der Waals surface area contributed by atoms with Gasteiger partial charge in [0, 0.05) is 49.8 Å². The van der Waals surface area contributed by atoms with Gasteiger partial charge in [-0.25, -0.2) is 0 Å². The number of halogens is 4. The summed E-state index contributed by atoms with van der Waals surface area (Å²) in [6.45, 7) is 0.180. The molecule has 0 bridgehead atoms. The second-order valence-corrected chi connectivity index (χ2v) is 23.3. The summed E-state index contributed by atoms with van der Waals surface area (Å²) < 4.78 is 3.88. The molecule has 6 heterocycles. The van der Waals surface area contributed by atoms with Gasteiger partial charge in [0.15, 0.2) is 33.2 Å². The number of hydrogen-bond donors (Lipinski definition) is 2. The van der Waals surface area contributed by atoms with E-state index in [4.69, 9.17) is 51.2 Å². The van der Waals surface area contributed by atoms with Gasteiger partial charge in [-0.2, -0.15) is 30.2 Å². The minimum absolute atomic E-state index is 0.00177. The van der Waals surface area contributed by atoms with Gasteiger partial charge in [-0.15, -0.1) is 57.6 Å². The van der Waals surface area contributed by atoms with E-state index in [1.807, 2.05) is 6.26 Å². The Hall–Kier alpha value is -8.45. The van der Waals surface area contributed by atoms with Crippen LogP contribution < -0.4 is 24.3 Å². The Kier molecular flexibility index (Phi) is 21.4. The minimum atomic E-state index is -1.49. The maximum Gasteiger partial charge on any atom is 0.303 e. The first kappa shape index (κ1) is 67.9. The maximum atomic E-state index is 12.7. The molecule has 0 radical (unpaired) electrons. The van der Waals surface area contributed by atoms with Crippen molar-refractivity contribution in [2.45, 2.75) is 67.0 Å². The summed E-state index contributed by atoms with van der Waals surface area (Å²) in [7, 11) is 0. The van der Waals surface area contributed by atoms with Crippen LogP contribution in [0.5, 0.6) is 0 Å². The van der Waals surface area contributed by atoms with Crippen molar-refractivity contribution < 1.29 is 38.7 Å². The molecule has 92 heavy (non-hydrogen) atoms. The number of benzene rings is 4. The summed E-state index contributed by atoms with van der Waals surface area (Å²) in [4.78, 5) is 55.9. The average molecular weight is 1410 g/mol. The highest BCUT2D eigenvalue weighted by atomic mass is 35.5. The lowest BCUT2D eigenvalue weighted by molar-refractivity contribution is -0.808. The van der Waals surface area contributed by atoms with Crippen molar-refractivity contribution in [1.29, 1.82) is 0 Å². The summed E-state index contributed by atoms with van der Waals surface area (Å²) in [5.74, 6) is 0. The van der Waals surface area contributed by atoms with Gasteiger partial charge >= 0.3 is 11.4 Å². The van der Waals surface area contributed by atoms with Crippen LogP contribution in [0.1, 0.15) is 64.8 Å². The molecule has 0 spiro atoms. The third-order valence-corrected chi connectivity index (χ3v) is 18.7. The third kappa shape index (κ3) is 12.0. The normalized spacial score (nSPS) is 17.8. The highest BCUT2D eigenvalue weighted by molar-refractivity contribution is 8.00.